The maximum atomic E-state index is 12.9. The van der Waals surface area contributed by atoms with Crippen molar-refractivity contribution >= 4 is 29.0 Å². The van der Waals surface area contributed by atoms with Crippen LogP contribution in [0.4, 0.5) is 23.1 Å². The molecule has 0 aliphatic carbocycles. The topological polar surface area (TPSA) is 88.2 Å². The number of benzene rings is 2. The normalized spacial score (nSPS) is 11.6. The number of aromatic nitrogens is 2. The molecule has 1 atom stereocenters. The van der Waals surface area contributed by atoms with Gasteiger partial charge in [0.2, 0.25) is 11.9 Å². The van der Waals surface area contributed by atoms with E-state index in [1.807, 2.05) is 54.6 Å². The maximum Gasteiger partial charge on any atom is 0.246 e. The number of anilines is 4. The van der Waals surface area contributed by atoms with Gasteiger partial charge in [0.15, 0.2) is 0 Å². The minimum atomic E-state index is -0.438. The SMILES string of the molecule is COc1ccc(NC(=O)[C@H](CC(C)C)Nc2ccnc(Nc3ccccc3)n2)cc1. The van der Waals surface area contributed by atoms with Crippen LogP contribution in [0.5, 0.6) is 5.75 Å². The molecule has 0 saturated heterocycles. The fraction of sp³-hybridized carbons (Fsp3) is 0.261. The number of hydrogen-bond acceptors (Lipinski definition) is 6. The monoisotopic (exact) mass is 405 g/mol. The van der Waals surface area contributed by atoms with Gasteiger partial charge in [0, 0.05) is 17.6 Å². The van der Waals surface area contributed by atoms with Crippen LogP contribution in [0.15, 0.2) is 66.9 Å². The number of carbonyl (C=O) groups excluding carboxylic acids is 1. The summed E-state index contributed by atoms with van der Waals surface area (Å²) in [5.74, 6) is 1.99. The lowest BCUT2D eigenvalue weighted by atomic mass is 10.0. The van der Waals surface area contributed by atoms with Crippen molar-refractivity contribution in [1.29, 1.82) is 0 Å². The first-order valence-electron chi connectivity index (χ1n) is 9.90. The van der Waals surface area contributed by atoms with Crippen molar-refractivity contribution in [2.24, 2.45) is 5.92 Å². The third-order valence-electron chi connectivity index (χ3n) is 4.39. The van der Waals surface area contributed by atoms with Crippen molar-refractivity contribution in [2.45, 2.75) is 26.3 Å². The molecule has 7 nitrogen and oxygen atoms in total. The molecule has 3 N–H and O–H groups in total. The zero-order chi connectivity index (χ0) is 21.3. The summed E-state index contributed by atoms with van der Waals surface area (Å²) >= 11 is 0. The number of methoxy groups -OCH3 is 1. The molecule has 0 bridgehead atoms. The summed E-state index contributed by atoms with van der Waals surface area (Å²) in [4.78, 5) is 21.7. The molecule has 0 saturated carbocycles. The second kappa shape index (κ2) is 10.2. The van der Waals surface area contributed by atoms with Crippen LogP contribution >= 0.6 is 0 Å². The molecule has 1 aromatic heterocycles. The van der Waals surface area contributed by atoms with Crippen molar-refractivity contribution in [3.8, 4) is 5.75 Å². The van der Waals surface area contributed by atoms with Crippen LogP contribution in [-0.4, -0.2) is 29.0 Å². The standard InChI is InChI=1S/C23H27N5O2/c1-16(2)15-20(22(29)25-18-9-11-19(30-3)12-10-18)27-21-13-14-24-23(28-21)26-17-7-5-4-6-8-17/h4-14,16,20H,15H2,1-3H3,(H,25,29)(H2,24,26,27,28)/t20-/m0/s1. The largest absolute Gasteiger partial charge is 0.497 e. The van der Waals surface area contributed by atoms with E-state index in [0.717, 1.165) is 11.4 Å². The van der Waals surface area contributed by atoms with Crippen LogP contribution < -0.4 is 20.7 Å². The smallest absolute Gasteiger partial charge is 0.246 e. The van der Waals surface area contributed by atoms with E-state index in [2.05, 4.69) is 39.8 Å². The minimum absolute atomic E-state index is 0.120. The van der Waals surface area contributed by atoms with E-state index in [1.165, 1.54) is 0 Å². The van der Waals surface area contributed by atoms with E-state index < -0.39 is 6.04 Å². The number of nitrogens with one attached hydrogen (secondary N) is 3. The van der Waals surface area contributed by atoms with Gasteiger partial charge in [-0.1, -0.05) is 32.0 Å². The number of nitrogens with zero attached hydrogens (tertiary/aromatic N) is 2. The Kier molecular flexibility index (Phi) is 7.21. The lowest BCUT2D eigenvalue weighted by Gasteiger charge is -2.21. The molecular formula is C23H27N5O2. The van der Waals surface area contributed by atoms with E-state index in [9.17, 15) is 4.79 Å². The highest BCUT2D eigenvalue weighted by Crippen LogP contribution is 2.19. The van der Waals surface area contributed by atoms with Crippen molar-refractivity contribution < 1.29 is 9.53 Å². The number of hydrogen-bond donors (Lipinski definition) is 3. The molecule has 0 spiro atoms. The molecule has 0 fully saturated rings. The molecular weight excluding hydrogens is 378 g/mol. The Balaban J connectivity index is 1.70. The molecule has 7 heteroatoms. The van der Waals surface area contributed by atoms with Gasteiger partial charge in [-0.2, -0.15) is 4.98 Å². The van der Waals surface area contributed by atoms with Gasteiger partial charge < -0.3 is 20.7 Å². The quantitative estimate of drug-likeness (QED) is 0.478. The van der Waals surface area contributed by atoms with Crippen LogP contribution in [0.3, 0.4) is 0 Å². The van der Waals surface area contributed by atoms with Crippen LogP contribution in [0.2, 0.25) is 0 Å². The molecule has 3 rings (SSSR count). The molecule has 0 aliphatic rings. The summed E-state index contributed by atoms with van der Waals surface area (Å²) in [6, 6.07) is 18.3. The number of ether oxygens (including phenoxy) is 1. The highest BCUT2D eigenvalue weighted by molar-refractivity contribution is 5.96. The Bertz CT molecular complexity index is 945. The molecule has 0 radical (unpaired) electrons. The van der Waals surface area contributed by atoms with Gasteiger partial charge in [0.05, 0.1) is 7.11 Å². The van der Waals surface area contributed by atoms with E-state index in [1.54, 1.807) is 19.4 Å². The first-order chi connectivity index (χ1) is 14.5. The Morgan fingerprint density at radius 2 is 1.73 bits per heavy atom. The third-order valence-corrected chi connectivity index (χ3v) is 4.39. The molecule has 0 aliphatic heterocycles. The van der Waals surface area contributed by atoms with E-state index >= 15 is 0 Å². The molecule has 1 heterocycles. The summed E-state index contributed by atoms with van der Waals surface area (Å²) < 4.78 is 5.16. The van der Waals surface area contributed by atoms with Crippen molar-refractivity contribution in [3.63, 3.8) is 0 Å². The van der Waals surface area contributed by atoms with Crippen LogP contribution in [-0.2, 0) is 4.79 Å². The molecule has 3 aromatic rings. The average Bonchev–Trinajstić information content (AvgIpc) is 2.74. The fourth-order valence-corrected chi connectivity index (χ4v) is 2.94. The summed E-state index contributed by atoms with van der Waals surface area (Å²) in [7, 11) is 1.61. The minimum Gasteiger partial charge on any atom is -0.497 e. The van der Waals surface area contributed by atoms with Gasteiger partial charge in [-0.3, -0.25) is 4.79 Å². The fourth-order valence-electron chi connectivity index (χ4n) is 2.94. The molecule has 0 unspecified atom stereocenters. The van der Waals surface area contributed by atoms with Crippen LogP contribution in [0.1, 0.15) is 20.3 Å². The van der Waals surface area contributed by atoms with E-state index in [0.29, 0.717) is 29.8 Å². The van der Waals surface area contributed by atoms with Gasteiger partial charge in [0.25, 0.3) is 0 Å². The number of amides is 1. The average molecular weight is 406 g/mol. The summed E-state index contributed by atoms with van der Waals surface area (Å²) in [5, 5.41) is 9.37. The Morgan fingerprint density at radius 1 is 1.00 bits per heavy atom. The Morgan fingerprint density at radius 3 is 2.40 bits per heavy atom. The van der Waals surface area contributed by atoms with Crippen molar-refractivity contribution in [1.82, 2.24) is 9.97 Å². The predicted molar refractivity (Wildman–Crippen MR) is 120 cm³/mol. The summed E-state index contributed by atoms with van der Waals surface area (Å²) in [6.45, 7) is 4.16. The highest BCUT2D eigenvalue weighted by atomic mass is 16.5. The number of rotatable bonds is 9. The summed E-state index contributed by atoms with van der Waals surface area (Å²) in [5.41, 5.74) is 1.61. The summed E-state index contributed by atoms with van der Waals surface area (Å²) in [6.07, 6.45) is 2.32. The van der Waals surface area contributed by atoms with Gasteiger partial charge in [-0.05, 0) is 54.8 Å². The Labute approximate surface area is 176 Å². The first kappa shape index (κ1) is 21.1. The molecule has 30 heavy (non-hydrogen) atoms. The molecule has 156 valence electrons. The first-order valence-corrected chi connectivity index (χ1v) is 9.90. The number of para-hydroxylation sites is 1. The van der Waals surface area contributed by atoms with Crippen molar-refractivity contribution in [3.05, 3.63) is 66.9 Å². The van der Waals surface area contributed by atoms with Gasteiger partial charge in [0.1, 0.15) is 17.6 Å². The second-order valence-corrected chi connectivity index (χ2v) is 7.30. The van der Waals surface area contributed by atoms with Gasteiger partial charge >= 0.3 is 0 Å². The highest BCUT2D eigenvalue weighted by Gasteiger charge is 2.20. The third kappa shape index (κ3) is 6.20. The van der Waals surface area contributed by atoms with E-state index in [-0.39, 0.29) is 5.91 Å². The van der Waals surface area contributed by atoms with Crippen LogP contribution in [0, 0.1) is 5.92 Å². The van der Waals surface area contributed by atoms with Crippen molar-refractivity contribution in [2.75, 3.05) is 23.1 Å². The lowest BCUT2D eigenvalue weighted by molar-refractivity contribution is -0.117. The molecule has 1 amide bonds. The predicted octanol–water partition coefficient (Wildman–Crippen LogP) is 4.69. The zero-order valence-electron chi connectivity index (χ0n) is 17.4. The van der Waals surface area contributed by atoms with E-state index in [4.69, 9.17) is 4.74 Å². The van der Waals surface area contributed by atoms with Gasteiger partial charge in [-0.25, -0.2) is 4.98 Å². The number of carbonyl (C=O) groups is 1. The lowest BCUT2D eigenvalue weighted by Crippen LogP contribution is -2.36. The second-order valence-electron chi connectivity index (χ2n) is 7.30. The van der Waals surface area contributed by atoms with Crippen LogP contribution in [0.25, 0.3) is 0 Å². The molecule has 2 aromatic carbocycles. The Hall–Kier alpha value is -3.61. The van der Waals surface area contributed by atoms with Gasteiger partial charge in [-0.15, -0.1) is 0 Å². The zero-order valence-corrected chi connectivity index (χ0v) is 17.4. The maximum absolute atomic E-state index is 12.9.